The Hall–Kier alpha value is -1.06. The lowest BCUT2D eigenvalue weighted by Crippen LogP contribution is -2.22. The fourth-order valence-electron chi connectivity index (χ4n) is 0.458. The second-order valence-corrected chi connectivity index (χ2v) is 2.09. The molecule has 2 N–H and O–H groups in total. The first kappa shape index (κ1) is 8.94. The van der Waals surface area contributed by atoms with Gasteiger partial charge in [0.25, 0.3) is 0 Å². The van der Waals surface area contributed by atoms with Gasteiger partial charge in [-0.1, -0.05) is 0 Å². The molecule has 0 unspecified atom stereocenters. The van der Waals surface area contributed by atoms with E-state index in [-0.39, 0.29) is 5.91 Å². The van der Waals surface area contributed by atoms with Crippen molar-refractivity contribution < 1.29 is 4.79 Å². The van der Waals surface area contributed by atoms with Gasteiger partial charge in [-0.2, -0.15) is 0 Å². The van der Waals surface area contributed by atoms with Crippen molar-refractivity contribution in [3.63, 3.8) is 0 Å². The van der Waals surface area contributed by atoms with Crippen molar-refractivity contribution in [3.8, 4) is 0 Å². The molecule has 0 aromatic rings. The molecule has 0 bridgehead atoms. The summed E-state index contributed by atoms with van der Waals surface area (Å²) in [6.07, 6.45) is 1.64. The van der Waals surface area contributed by atoms with Crippen molar-refractivity contribution in [2.75, 3.05) is 20.6 Å². The number of nitrogens with zero attached hydrogens (tertiary/aromatic N) is 2. The van der Waals surface area contributed by atoms with Crippen LogP contribution in [0.5, 0.6) is 0 Å². The van der Waals surface area contributed by atoms with E-state index in [1.807, 2.05) is 0 Å². The summed E-state index contributed by atoms with van der Waals surface area (Å²) in [5.74, 6) is 0.0746. The van der Waals surface area contributed by atoms with Crippen LogP contribution in [0, 0.1) is 0 Å². The lowest BCUT2D eigenvalue weighted by molar-refractivity contribution is -0.128. The number of amides is 1. The van der Waals surface area contributed by atoms with E-state index in [0.717, 1.165) is 0 Å². The monoisotopic (exact) mass is 143 g/mol. The number of hydrogen-bond acceptors (Lipinski definition) is 2. The van der Waals surface area contributed by atoms with Gasteiger partial charge >= 0.3 is 0 Å². The minimum Gasteiger partial charge on any atom is -0.390 e. The number of carbonyl (C=O) groups excluding carboxylic acids is 1. The average molecular weight is 143 g/mol. The zero-order valence-electron chi connectivity index (χ0n) is 6.37. The van der Waals surface area contributed by atoms with Crippen molar-refractivity contribution >= 4 is 12.2 Å². The minimum atomic E-state index is 0.0746. The van der Waals surface area contributed by atoms with Gasteiger partial charge in [0.05, 0.1) is 6.34 Å². The number of hydrogen-bond donors (Lipinski definition) is 1. The van der Waals surface area contributed by atoms with E-state index in [1.165, 1.54) is 11.2 Å². The third-order valence-corrected chi connectivity index (χ3v) is 1.06. The molecule has 0 heterocycles. The summed E-state index contributed by atoms with van der Waals surface area (Å²) in [6.45, 7) is 0.480. The summed E-state index contributed by atoms with van der Waals surface area (Å²) >= 11 is 0. The third kappa shape index (κ3) is 3.88. The Balaban J connectivity index is 3.40. The highest BCUT2D eigenvalue weighted by molar-refractivity contribution is 5.75. The predicted octanol–water partition coefficient (Wildman–Crippen LogP) is -0.548. The Morgan fingerprint density at radius 2 is 2.30 bits per heavy atom. The molecule has 10 heavy (non-hydrogen) atoms. The van der Waals surface area contributed by atoms with Crippen LogP contribution in [0.1, 0.15) is 6.42 Å². The molecular formula is C6H13N3O. The Bertz CT molecular complexity index is 131. The molecule has 0 radical (unpaired) electrons. The van der Waals surface area contributed by atoms with E-state index in [9.17, 15) is 4.79 Å². The van der Waals surface area contributed by atoms with Crippen molar-refractivity contribution in [2.45, 2.75) is 6.42 Å². The van der Waals surface area contributed by atoms with Gasteiger partial charge in [-0.05, 0) is 0 Å². The summed E-state index contributed by atoms with van der Waals surface area (Å²) in [5, 5.41) is 0. The van der Waals surface area contributed by atoms with Crippen LogP contribution in [0.4, 0.5) is 0 Å². The van der Waals surface area contributed by atoms with Crippen molar-refractivity contribution in [3.05, 3.63) is 0 Å². The Kier molecular flexibility index (Phi) is 4.28. The molecular weight excluding hydrogens is 130 g/mol. The largest absolute Gasteiger partial charge is 0.390 e. The topological polar surface area (TPSA) is 58.7 Å². The molecule has 1 amide bonds. The third-order valence-electron chi connectivity index (χ3n) is 1.06. The summed E-state index contributed by atoms with van der Waals surface area (Å²) in [7, 11) is 3.43. The lowest BCUT2D eigenvalue weighted by Gasteiger charge is -2.07. The zero-order chi connectivity index (χ0) is 7.98. The van der Waals surface area contributed by atoms with Crippen LogP contribution < -0.4 is 5.73 Å². The highest BCUT2D eigenvalue weighted by Crippen LogP contribution is 1.86. The molecule has 4 nitrogen and oxygen atoms in total. The molecule has 0 aliphatic carbocycles. The van der Waals surface area contributed by atoms with E-state index in [4.69, 9.17) is 5.73 Å². The second kappa shape index (κ2) is 4.78. The number of rotatable bonds is 3. The standard InChI is InChI=1S/C6H13N3O/c1-9(2)6(10)3-4-8-5-7/h5H,3-4H2,1-2H3,(H2,7,8). The SMILES string of the molecule is CN(C)C(=O)CCN=CN. The first-order valence-electron chi connectivity index (χ1n) is 3.08. The van der Waals surface area contributed by atoms with Gasteiger partial charge in [0.1, 0.15) is 0 Å². The Morgan fingerprint density at radius 1 is 1.70 bits per heavy atom. The molecule has 0 saturated carbocycles. The number of carbonyl (C=O) groups is 1. The van der Waals surface area contributed by atoms with E-state index in [2.05, 4.69) is 4.99 Å². The van der Waals surface area contributed by atoms with Crippen molar-refractivity contribution in [1.29, 1.82) is 0 Å². The normalized spacial score (nSPS) is 10.2. The summed E-state index contributed by atoms with van der Waals surface area (Å²) in [4.78, 5) is 16.1. The van der Waals surface area contributed by atoms with Gasteiger partial charge in [-0.25, -0.2) is 0 Å². The van der Waals surface area contributed by atoms with Gasteiger partial charge in [-0.3, -0.25) is 9.79 Å². The highest BCUT2D eigenvalue weighted by atomic mass is 16.2. The maximum atomic E-state index is 10.8. The van der Waals surface area contributed by atoms with Crippen LogP contribution in [0.2, 0.25) is 0 Å². The first-order chi connectivity index (χ1) is 4.68. The fourth-order valence-corrected chi connectivity index (χ4v) is 0.458. The first-order valence-corrected chi connectivity index (χ1v) is 3.08. The molecule has 0 aliphatic rings. The average Bonchev–Trinajstić information content (AvgIpc) is 1.88. The molecule has 0 aromatic heterocycles. The van der Waals surface area contributed by atoms with E-state index in [1.54, 1.807) is 14.1 Å². The van der Waals surface area contributed by atoms with E-state index < -0.39 is 0 Å². The quantitative estimate of drug-likeness (QED) is 0.425. The lowest BCUT2D eigenvalue weighted by atomic mass is 10.4. The fraction of sp³-hybridized carbons (Fsp3) is 0.667. The van der Waals surface area contributed by atoms with Crippen LogP contribution in [0.15, 0.2) is 4.99 Å². The van der Waals surface area contributed by atoms with Crippen LogP contribution >= 0.6 is 0 Å². The number of aliphatic imine (C=N–C) groups is 1. The molecule has 0 aromatic carbocycles. The van der Waals surface area contributed by atoms with Crippen LogP contribution in [-0.2, 0) is 4.79 Å². The van der Waals surface area contributed by atoms with Crippen LogP contribution in [-0.4, -0.2) is 37.8 Å². The van der Waals surface area contributed by atoms with Crippen LogP contribution in [0.3, 0.4) is 0 Å². The summed E-state index contributed by atoms with van der Waals surface area (Å²) in [6, 6.07) is 0. The Labute approximate surface area is 60.7 Å². The molecule has 0 rings (SSSR count). The van der Waals surface area contributed by atoms with Crippen LogP contribution in [0.25, 0.3) is 0 Å². The molecule has 0 spiro atoms. The maximum Gasteiger partial charge on any atom is 0.223 e. The second-order valence-electron chi connectivity index (χ2n) is 2.09. The molecule has 0 fully saturated rings. The highest BCUT2D eigenvalue weighted by Gasteiger charge is 2.00. The molecule has 58 valence electrons. The smallest absolute Gasteiger partial charge is 0.223 e. The summed E-state index contributed by atoms with van der Waals surface area (Å²) in [5.41, 5.74) is 4.97. The Morgan fingerprint density at radius 3 is 2.70 bits per heavy atom. The van der Waals surface area contributed by atoms with Gasteiger partial charge in [0.2, 0.25) is 5.91 Å². The van der Waals surface area contributed by atoms with Gasteiger partial charge < -0.3 is 10.6 Å². The maximum absolute atomic E-state index is 10.8. The molecule has 4 heteroatoms. The predicted molar refractivity (Wildman–Crippen MR) is 40.9 cm³/mol. The summed E-state index contributed by atoms with van der Waals surface area (Å²) < 4.78 is 0. The van der Waals surface area contributed by atoms with E-state index in [0.29, 0.717) is 13.0 Å². The molecule has 0 saturated heterocycles. The minimum absolute atomic E-state index is 0.0746. The van der Waals surface area contributed by atoms with Crippen molar-refractivity contribution in [1.82, 2.24) is 4.90 Å². The van der Waals surface area contributed by atoms with Crippen molar-refractivity contribution in [2.24, 2.45) is 10.7 Å². The zero-order valence-corrected chi connectivity index (χ0v) is 6.37. The van der Waals surface area contributed by atoms with E-state index >= 15 is 0 Å². The van der Waals surface area contributed by atoms with Gasteiger partial charge in [-0.15, -0.1) is 0 Å². The molecule has 0 atom stereocenters. The molecule has 0 aliphatic heterocycles. The van der Waals surface area contributed by atoms with Gasteiger partial charge in [0, 0.05) is 27.1 Å². The number of nitrogens with two attached hydrogens (primary N) is 1. The van der Waals surface area contributed by atoms with Gasteiger partial charge in [0.15, 0.2) is 0 Å².